The van der Waals surface area contributed by atoms with Crippen LogP contribution < -0.4 is 10.1 Å². The van der Waals surface area contributed by atoms with E-state index in [4.69, 9.17) is 4.74 Å². The largest absolute Gasteiger partial charge is 0.495 e. The minimum absolute atomic E-state index is 0.278. The van der Waals surface area contributed by atoms with Crippen LogP contribution in [-0.2, 0) is 0 Å². The Kier molecular flexibility index (Phi) is 4.83. The molecule has 0 fully saturated rings. The summed E-state index contributed by atoms with van der Waals surface area (Å²) in [5.41, 5.74) is 1.28. The van der Waals surface area contributed by atoms with Crippen molar-refractivity contribution in [2.75, 3.05) is 12.4 Å². The van der Waals surface area contributed by atoms with Crippen LogP contribution in [0.4, 0.5) is 14.5 Å². The smallest absolute Gasteiger partial charge is 0.142 e. The van der Waals surface area contributed by atoms with Crippen LogP contribution >= 0.6 is 15.9 Å². The molecule has 2 nitrogen and oxygen atoms in total. The maximum atomic E-state index is 14.0. The van der Waals surface area contributed by atoms with Crippen LogP contribution in [0.3, 0.4) is 0 Å². The first kappa shape index (κ1) is 15.8. The molecule has 5 heteroatoms. The molecule has 1 N–H and O–H groups in total. The standard InChI is InChI=1S/C16H16BrF2NO/c1-9-6-14(19)12(8-13(9)18)10(2)20-15-7-11(17)4-5-16(15)21-3/h4-8,10,20H,1-3H3. The molecule has 21 heavy (non-hydrogen) atoms. The highest BCUT2D eigenvalue weighted by Gasteiger charge is 2.15. The number of ether oxygens (including phenoxy) is 1. The summed E-state index contributed by atoms with van der Waals surface area (Å²) < 4.78 is 33.8. The van der Waals surface area contributed by atoms with Crippen molar-refractivity contribution in [2.24, 2.45) is 0 Å². The van der Waals surface area contributed by atoms with Crippen molar-refractivity contribution >= 4 is 21.6 Å². The van der Waals surface area contributed by atoms with Crippen molar-refractivity contribution in [1.82, 2.24) is 0 Å². The van der Waals surface area contributed by atoms with Gasteiger partial charge in [-0.05, 0) is 49.7 Å². The molecule has 112 valence electrons. The number of rotatable bonds is 4. The Balaban J connectivity index is 2.32. The molecule has 2 aromatic carbocycles. The normalized spacial score (nSPS) is 12.1. The van der Waals surface area contributed by atoms with Crippen LogP contribution in [0.25, 0.3) is 0 Å². The second-order valence-corrected chi connectivity index (χ2v) is 5.75. The highest BCUT2D eigenvalue weighted by molar-refractivity contribution is 9.10. The van der Waals surface area contributed by atoms with Crippen LogP contribution in [0.5, 0.6) is 5.75 Å². The number of hydrogen-bond acceptors (Lipinski definition) is 2. The second-order valence-electron chi connectivity index (χ2n) is 4.83. The van der Waals surface area contributed by atoms with Crippen molar-refractivity contribution in [3.8, 4) is 5.75 Å². The third kappa shape index (κ3) is 3.53. The Bertz CT molecular complexity index is 661. The Labute approximate surface area is 131 Å². The van der Waals surface area contributed by atoms with Gasteiger partial charge in [0.2, 0.25) is 0 Å². The first-order valence-electron chi connectivity index (χ1n) is 6.48. The van der Waals surface area contributed by atoms with Gasteiger partial charge in [0, 0.05) is 10.0 Å². The minimum Gasteiger partial charge on any atom is -0.495 e. The highest BCUT2D eigenvalue weighted by Crippen LogP contribution is 2.32. The Morgan fingerprint density at radius 3 is 2.52 bits per heavy atom. The van der Waals surface area contributed by atoms with Gasteiger partial charge in [-0.25, -0.2) is 8.78 Å². The molecule has 0 bridgehead atoms. The third-order valence-electron chi connectivity index (χ3n) is 3.28. The number of nitrogens with one attached hydrogen (secondary N) is 1. The van der Waals surface area contributed by atoms with Crippen LogP contribution in [0.2, 0.25) is 0 Å². The fourth-order valence-corrected chi connectivity index (χ4v) is 2.46. The van der Waals surface area contributed by atoms with Crippen molar-refractivity contribution in [3.05, 3.63) is 57.6 Å². The SMILES string of the molecule is COc1ccc(Br)cc1NC(C)c1cc(F)c(C)cc1F. The molecule has 0 saturated carbocycles. The fraction of sp³-hybridized carbons (Fsp3) is 0.250. The monoisotopic (exact) mass is 355 g/mol. The van der Waals surface area contributed by atoms with E-state index in [9.17, 15) is 8.78 Å². The van der Waals surface area contributed by atoms with Gasteiger partial charge in [0.25, 0.3) is 0 Å². The molecule has 2 rings (SSSR count). The molecule has 0 spiro atoms. The highest BCUT2D eigenvalue weighted by atomic mass is 79.9. The molecule has 2 aromatic rings. The second kappa shape index (κ2) is 6.43. The average Bonchev–Trinajstić information content (AvgIpc) is 2.43. The molecule has 0 aliphatic rings. The van der Waals surface area contributed by atoms with Gasteiger partial charge >= 0.3 is 0 Å². The van der Waals surface area contributed by atoms with Crippen molar-refractivity contribution < 1.29 is 13.5 Å². The molecular formula is C16H16BrF2NO. The summed E-state index contributed by atoms with van der Waals surface area (Å²) in [6.45, 7) is 3.31. The molecule has 1 unspecified atom stereocenters. The van der Waals surface area contributed by atoms with Crippen LogP contribution in [-0.4, -0.2) is 7.11 Å². The van der Waals surface area contributed by atoms with E-state index in [2.05, 4.69) is 21.2 Å². The number of benzene rings is 2. The molecule has 0 aromatic heterocycles. The predicted octanol–water partition coefficient (Wildman–Crippen LogP) is 5.22. The quantitative estimate of drug-likeness (QED) is 0.811. The van der Waals surface area contributed by atoms with Crippen molar-refractivity contribution in [1.29, 1.82) is 0 Å². The van der Waals surface area contributed by atoms with Crippen LogP contribution in [0, 0.1) is 18.6 Å². The van der Waals surface area contributed by atoms with Crippen molar-refractivity contribution in [2.45, 2.75) is 19.9 Å². The fourth-order valence-electron chi connectivity index (χ4n) is 2.10. The van der Waals surface area contributed by atoms with E-state index in [1.165, 1.54) is 19.1 Å². The van der Waals surface area contributed by atoms with E-state index in [1.807, 2.05) is 12.1 Å². The van der Waals surface area contributed by atoms with E-state index in [-0.39, 0.29) is 5.56 Å². The van der Waals surface area contributed by atoms with E-state index in [1.54, 1.807) is 20.1 Å². The summed E-state index contributed by atoms with van der Waals surface area (Å²) in [7, 11) is 1.56. The Morgan fingerprint density at radius 2 is 1.86 bits per heavy atom. The maximum absolute atomic E-state index is 14.0. The number of anilines is 1. The first-order chi connectivity index (χ1) is 9.92. The van der Waals surface area contributed by atoms with Crippen LogP contribution in [0.1, 0.15) is 24.1 Å². The molecule has 1 atom stereocenters. The lowest BCUT2D eigenvalue weighted by molar-refractivity contribution is 0.416. The summed E-state index contributed by atoms with van der Waals surface area (Å²) in [6.07, 6.45) is 0. The van der Waals surface area contributed by atoms with Gasteiger partial charge < -0.3 is 10.1 Å². The molecule has 0 aliphatic carbocycles. The van der Waals surface area contributed by atoms with Gasteiger partial charge in [-0.2, -0.15) is 0 Å². The summed E-state index contributed by atoms with van der Waals surface area (Å²) >= 11 is 3.38. The Morgan fingerprint density at radius 1 is 1.14 bits per heavy atom. The van der Waals surface area contributed by atoms with E-state index in [0.29, 0.717) is 17.0 Å². The number of methoxy groups -OCH3 is 1. The number of halogens is 3. The minimum atomic E-state index is -0.428. The zero-order valence-electron chi connectivity index (χ0n) is 12.0. The lowest BCUT2D eigenvalue weighted by Gasteiger charge is -2.19. The Hall–Kier alpha value is -1.62. The van der Waals surface area contributed by atoms with Gasteiger partial charge in [0.05, 0.1) is 18.8 Å². The average molecular weight is 356 g/mol. The lowest BCUT2D eigenvalue weighted by atomic mass is 10.0. The van der Waals surface area contributed by atoms with Crippen LogP contribution in [0.15, 0.2) is 34.8 Å². The molecular weight excluding hydrogens is 340 g/mol. The molecule has 0 amide bonds. The van der Waals surface area contributed by atoms with E-state index < -0.39 is 17.7 Å². The first-order valence-corrected chi connectivity index (χ1v) is 7.27. The third-order valence-corrected chi connectivity index (χ3v) is 3.77. The van der Waals surface area contributed by atoms with E-state index >= 15 is 0 Å². The predicted molar refractivity (Wildman–Crippen MR) is 83.8 cm³/mol. The summed E-state index contributed by atoms with van der Waals surface area (Å²) in [4.78, 5) is 0. The summed E-state index contributed by atoms with van der Waals surface area (Å²) in [6, 6.07) is 7.51. The van der Waals surface area contributed by atoms with Gasteiger partial charge in [-0.15, -0.1) is 0 Å². The zero-order chi connectivity index (χ0) is 15.6. The molecule has 0 saturated heterocycles. The van der Waals surface area contributed by atoms with Gasteiger partial charge in [-0.3, -0.25) is 0 Å². The number of hydrogen-bond donors (Lipinski definition) is 1. The van der Waals surface area contributed by atoms with Crippen molar-refractivity contribution in [3.63, 3.8) is 0 Å². The zero-order valence-corrected chi connectivity index (χ0v) is 13.6. The van der Waals surface area contributed by atoms with Gasteiger partial charge in [0.15, 0.2) is 0 Å². The molecule has 0 heterocycles. The number of aryl methyl sites for hydroxylation is 1. The van der Waals surface area contributed by atoms with E-state index in [0.717, 1.165) is 4.47 Å². The van der Waals surface area contributed by atoms with Gasteiger partial charge in [-0.1, -0.05) is 15.9 Å². The lowest BCUT2D eigenvalue weighted by Crippen LogP contribution is -2.10. The van der Waals surface area contributed by atoms with Gasteiger partial charge in [0.1, 0.15) is 17.4 Å². The summed E-state index contributed by atoms with van der Waals surface area (Å²) in [5.74, 6) is -0.206. The molecule has 0 radical (unpaired) electrons. The summed E-state index contributed by atoms with van der Waals surface area (Å²) in [5, 5.41) is 3.14. The molecule has 0 aliphatic heterocycles. The maximum Gasteiger partial charge on any atom is 0.142 e. The topological polar surface area (TPSA) is 21.3 Å².